The van der Waals surface area contributed by atoms with Crippen molar-refractivity contribution in [2.45, 2.75) is 26.1 Å². The molecule has 1 atom stereocenters. The van der Waals surface area contributed by atoms with Crippen LogP contribution >= 0.6 is 11.6 Å². The van der Waals surface area contributed by atoms with Gasteiger partial charge in [0.15, 0.2) is 0 Å². The first-order valence-electron chi connectivity index (χ1n) is 6.34. The van der Waals surface area contributed by atoms with E-state index in [1.807, 2.05) is 38.1 Å². The van der Waals surface area contributed by atoms with Gasteiger partial charge in [-0.2, -0.15) is 13.2 Å². The summed E-state index contributed by atoms with van der Waals surface area (Å²) < 4.78 is 38.3. The van der Waals surface area contributed by atoms with E-state index in [0.717, 1.165) is 23.3 Å². The van der Waals surface area contributed by atoms with Gasteiger partial charge in [-0.3, -0.25) is 0 Å². The number of hydrogen-bond donors (Lipinski definition) is 1. The minimum Gasteiger partial charge on any atom is -0.363 e. The molecule has 1 aromatic carbocycles. The van der Waals surface area contributed by atoms with Crippen molar-refractivity contribution < 1.29 is 13.2 Å². The van der Waals surface area contributed by atoms with Gasteiger partial charge in [-0.05, 0) is 37.1 Å². The number of benzene rings is 1. The third kappa shape index (κ3) is 3.88. The second-order valence-electron chi connectivity index (χ2n) is 4.78. The van der Waals surface area contributed by atoms with E-state index in [0.29, 0.717) is 0 Å². The largest absolute Gasteiger partial charge is 0.416 e. The highest BCUT2D eigenvalue weighted by atomic mass is 35.5. The number of pyridine rings is 1. The molecule has 0 saturated heterocycles. The van der Waals surface area contributed by atoms with Gasteiger partial charge in [-0.1, -0.05) is 35.9 Å². The lowest BCUT2D eigenvalue weighted by molar-refractivity contribution is -0.137. The lowest BCUT2D eigenvalue weighted by atomic mass is 10.0. The molecule has 0 bridgehead atoms. The van der Waals surface area contributed by atoms with Gasteiger partial charge in [0.2, 0.25) is 0 Å². The molecule has 1 unspecified atom stereocenters. The van der Waals surface area contributed by atoms with Gasteiger partial charge in [0.1, 0.15) is 11.0 Å². The monoisotopic (exact) mass is 314 g/mol. The number of aromatic nitrogens is 1. The van der Waals surface area contributed by atoms with E-state index < -0.39 is 11.7 Å². The van der Waals surface area contributed by atoms with Gasteiger partial charge in [0, 0.05) is 0 Å². The molecule has 0 spiro atoms. The van der Waals surface area contributed by atoms with Crippen LogP contribution in [0.1, 0.15) is 29.7 Å². The summed E-state index contributed by atoms with van der Waals surface area (Å²) >= 11 is 5.67. The van der Waals surface area contributed by atoms with E-state index >= 15 is 0 Å². The molecule has 0 saturated carbocycles. The third-order valence-corrected chi connectivity index (χ3v) is 3.33. The van der Waals surface area contributed by atoms with Crippen LogP contribution in [-0.4, -0.2) is 4.98 Å². The molecule has 112 valence electrons. The maximum Gasteiger partial charge on any atom is 0.416 e. The molecule has 1 aromatic heterocycles. The fraction of sp³-hybridized carbons (Fsp3) is 0.267. The Labute approximate surface area is 126 Å². The highest BCUT2D eigenvalue weighted by Crippen LogP contribution is 2.32. The van der Waals surface area contributed by atoms with Crippen LogP contribution in [-0.2, 0) is 6.18 Å². The van der Waals surface area contributed by atoms with E-state index in [1.165, 1.54) is 0 Å². The van der Waals surface area contributed by atoms with Crippen LogP contribution in [0.25, 0.3) is 0 Å². The lowest BCUT2D eigenvalue weighted by Gasteiger charge is -2.18. The zero-order valence-corrected chi connectivity index (χ0v) is 12.3. The summed E-state index contributed by atoms with van der Waals surface area (Å²) in [7, 11) is 0. The molecule has 1 N–H and O–H groups in total. The quantitative estimate of drug-likeness (QED) is 0.784. The SMILES string of the molecule is Cc1ccccc1C(C)Nc1cc(C(F)(F)F)cc(Cl)n1. The minimum atomic E-state index is -4.45. The molecule has 21 heavy (non-hydrogen) atoms. The molecule has 6 heteroatoms. The van der Waals surface area contributed by atoms with Crippen LogP contribution in [0.5, 0.6) is 0 Å². The Hall–Kier alpha value is -1.75. The Kier molecular flexibility index (Phi) is 4.42. The van der Waals surface area contributed by atoms with Crippen LogP contribution in [0.3, 0.4) is 0 Å². The molecule has 2 rings (SSSR count). The Morgan fingerprint density at radius 2 is 1.86 bits per heavy atom. The zero-order chi connectivity index (χ0) is 15.6. The van der Waals surface area contributed by atoms with Crippen molar-refractivity contribution in [2.75, 3.05) is 5.32 Å². The van der Waals surface area contributed by atoms with E-state index in [2.05, 4.69) is 10.3 Å². The summed E-state index contributed by atoms with van der Waals surface area (Å²) in [6.07, 6.45) is -4.45. The lowest BCUT2D eigenvalue weighted by Crippen LogP contribution is -2.12. The molecular weight excluding hydrogens is 301 g/mol. The van der Waals surface area contributed by atoms with Crippen LogP contribution in [0.4, 0.5) is 19.0 Å². The molecule has 2 nitrogen and oxygen atoms in total. The van der Waals surface area contributed by atoms with E-state index in [9.17, 15) is 13.2 Å². The van der Waals surface area contributed by atoms with Crippen molar-refractivity contribution in [3.63, 3.8) is 0 Å². The maximum absolute atomic E-state index is 12.8. The summed E-state index contributed by atoms with van der Waals surface area (Å²) in [5.41, 5.74) is 1.23. The first kappa shape index (κ1) is 15.6. The van der Waals surface area contributed by atoms with Crippen molar-refractivity contribution in [2.24, 2.45) is 0 Å². The van der Waals surface area contributed by atoms with Gasteiger partial charge in [0.25, 0.3) is 0 Å². The molecule has 0 fully saturated rings. The third-order valence-electron chi connectivity index (χ3n) is 3.14. The van der Waals surface area contributed by atoms with Crippen molar-refractivity contribution in [3.8, 4) is 0 Å². The number of aryl methyl sites for hydroxylation is 1. The Bertz CT molecular complexity index is 641. The van der Waals surface area contributed by atoms with Gasteiger partial charge in [0.05, 0.1) is 11.6 Å². The normalized spacial score (nSPS) is 13.0. The molecule has 1 heterocycles. The van der Waals surface area contributed by atoms with Crippen molar-refractivity contribution in [1.82, 2.24) is 4.98 Å². The van der Waals surface area contributed by atoms with Crippen LogP contribution in [0.2, 0.25) is 5.15 Å². The predicted octanol–water partition coefficient (Wildman–Crippen LogP) is 5.24. The first-order chi connectivity index (χ1) is 9.77. The van der Waals surface area contributed by atoms with Crippen molar-refractivity contribution in [3.05, 3.63) is 58.2 Å². The second-order valence-corrected chi connectivity index (χ2v) is 5.17. The number of rotatable bonds is 3. The van der Waals surface area contributed by atoms with Gasteiger partial charge < -0.3 is 5.32 Å². The minimum absolute atomic E-state index is 0.102. The summed E-state index contributed by atoms with van der Waals surface area (Å²) in [5, 5.41) is 2.77. The molecule has 0 aliphatic heterocycles. The standard InChI is InChI=1S/C15H14ClF3N2/c1-9-5-3-4-6-12(9)10(2)20-14-8-11(15(17,18)19)7-13(16)21-14/h3-8,10H,1-2H3,(H,20,21). The summed E-state index contributed by atoms with van der Waals surface area (Å²) in [5.74, 6) is 0.102. The second kappa shape index (κ2) is 5.93. The summed E-state index contributed by atoms with van der Waals surface area (Å²) in [6.45, 7) is 3.80. The number of nitrogens with one attached hydrogen (secondary N) is 1. The average Bonchev–Trinajstić information content (AvgIpc) is 2.37. The molecule has 0 radical (unpaired) electrons. The Morgan fingerprint density at radius 1 is 1.19 bits per heavy atom. The molecule has 0 aliphatic carbocycles. The highest BCUT2D eigenvalue weighted by Gasteiger charge is 2.31. The highest BCUT2D eigenvalue weighted by molar-refractivity contribution is 6.29. The zero-order valence-electron chi connectivity index (χ0n) is 11.5. The van der Waals surface area contributed by atoms with Gasteiger partial charge in [-0.15, -0.1) is 0 Å². The number of anilines is 1. The fourth-order valence-corrected chi connectivity index (χ4v) is 2.32. The van der Waals surface area contributed by atoms with E-state index in [1.54, 1.807) is 0 Å². The van der Waals surface area contributed by atoms with Crippen molar-refractivity contribution in [1.29, 1.82) is 0 Å². The van der Waals surface area contributed by atoms with Crippen molar-refractivity contribution >= 4 is 17.4 Å². The fourth-order valence-electron chi connectivity index (χ4n) is 2.11. The number of hydrogen-bond acceptors (Lipinski definition) is 2. The average molecular weight is 315 g/mol. The Balaban J connectivity index is 2.28. The molecule has 0 aliphatic rings. The van der Waals surface area contributed by atoms with Crippen LogP contribution < -0.4 is 5.32 Å². The number of alkyl halides is 3. The molecular formula is C15H14ClF3N2. The number of halogens is 4. The molecule has 2 aromatic rings. The van der Waals surface area contributed by atoms with E-state index in [4.69, 9.17) is 11.6 Å². The van der Waals surface area contributed by atoms with E-state index in [-0.39, 0.29) is 17.0 Å². The Morgan fingerprint density at radius 3 is 2.48 bits per heavy atom. The summed E-state index contributed by atoms with van der Waals surface area (Å²) in [4.78, 5) is 3.90. The van der Waals surface area contributed by atoms with Gasteiger partial charge >= 0.3 is 6.18 Å². The first-order valence-corrected chi connectivity index (χ1v) is 6.72. The topological polar surface area (TPSA) is 24.9 Å². The smallest absolute Gasteiger partial charge is 0.363 e. The number of nitrogens with zero attached hydrogens (tertiary/aromatic N) is 1. The van der Waals surface area contributed by atoms with Crippen LogP contribution in [0.15, 0.2) is 36.4 Å². The predicted molar refractivity (Wildman–Crippen MR) is 77.5 cm³/mol. The summed E-state index contributed by atoms with van der Waals surface area (Å²) in [6, 6.07) is 9.24. The molecule has 0 amide bonds. The van der Waals surface area contributed by atoms with Gasteiger partial charge in [-0.25, -0.2) is 4.98 Å². The maximum atomic E-state index is 12.8. The van der Waals surface area contributed by atoms with Crippen LogP contribution in [0, 0.1) is 6.92 Å².